The highest BCUT2D eigenvalue weighted by atomic mass is 16.5. The van der Waals surface area contributed by atoms with Gasteiger partial charge in [0.05, 0.1) is 13.7 Å². The second-order valence-electron chi connectivity index (χ2n) is 6.51. The first-order valence-electron chi connectivity index (χ1n) is 7.52. The van der Waals surface area contributed by atoms with Gasteiger partial charge in [-0.05, 0) is 24.3 Å². The van der Waals surface area contributed by atoms with Crippen LogP contribution in [0, 0.1) is 5.41 Å². The molecule has 2 rings (SSSR count). The molecule has 1 aromatic rings. The molecule has 1 N–H and O–H groups in total. The van der Waals surface area contributed by atoms with Crippen LogP contribution < -0.4 is 4.74 Å². The largest absolute Gasteiger partial charge is 0.496 e. The van der Waals surface area contributed by atoms with Crippen LogP contribution in [-0.4, -0.2) is 36.1 Å². The molecule has 1 aromatic carbocycles. The number of hydrogen-bond acceptors (Lipinski definition) is 3. The molecule has 1 aliphatic rings. The van der Waals surface area contributed by atoms with Gasteiger partial charge in [0.15, 0.2) is 0 Å². The second kappa shape index (κ2) is 6.48. The Bertz CT molecular complexity index is 499. The molecule has 21 heavy (non-hydrogen) atoms. The third-order valence-corrected chi connectivity index (χ3v) is 4.32. The van der Waals surface area contributed by atoms with E-state index in [0.29, 0.717) is 25.3 Å². The van der Waals surface area contributed by atoms with Gasteiger partial charge in [0.2, 0.25) is 5.91 Å². The van der Waals surface area contributed by atoms with Gasteiger partial charge in [-0.1, -0.05) is 32.0 Å². The number of methoxy groups -OCH3 is 1. The third-order valence-electron chi connectivity index (χ3n) is 4.32. The Kier molecular flexibility index (Phi) is 4.88. The molecular weight excluding hydrogens is 266 g/mol. The van der Waals surface area contributed by atoms with E-state index in [-0.39, 0.29) is 11.3 Å². The van der Waals surface area contributed by atoms with Crippen LogP contribution in [0.15, 0.2) is 24.3 Å². The van der Waals surface area contributed by atoms with E-state index in [9.17, 15) is 9.90 Å². The number of aliphatic hydroxyl groups excluding tert-OH is 1. The molecule has 1 amide bonds. The van der Waals surface area contributed by atoms with Crippen LogP contribution in [-0.2, 0) is 4.79 Å². The molecule has 1 atom stereocenters. The molecule has 0 spiro atoms. The maximum absolute atomic E-state index is 12.2. The highest BCUT2D eigenvalue weighted by molar-refractivity contribution is 5.76. The smallest absolute Gasteiger partial charge is 0.222 e. The monoisotopic (exact) mass is 291 g/mol. The van der Waals surface area contributed by atoms with Crippen molar-refractivity contribution in [2.45, 2.75) is 39.2 Å². The number of amides is 1. The van der Waals surface area contributed by atoms with E-state index in [1.165, 1.54) is 0 Å². The van der Waals surface area contributed by atoms with Crippen LogP contribution >= 0.6 is 0 Å². The molecule has 0 aliphatic carbocycles. The van der Waals surface area contributed by atoms with Crippen molar-refractivity contribution in [3.05, 3.63) is 29.8 Å². The van der Waals surface area contributed by atoms with E-state index in [0.717, 1.165) is 18.4 Å². The van der Waals surface area contributed by atoms with E-state index < -0.39 is 6.10 Å². The minimum Gasteiger partial charge on any atom is -0.496 e. The van der Waals surface area contributed by atoms with Crippen LogP contribution in [0.3, 0.4) is 0 Å². The molecule has 0 radical (unpaired) electrons. The molecule has 0 aromatic heterocycles. The zero-order chi connectivity index (χ0) is 15.5. The Morgan fingerprint density at radius 2 is 2.05 bits per heavy atom. The summed E-state index contributed by atoms with van der Waals surface area (Å²) in [7, 11) is 1.59. The van der Waals surface area contributed by atoms with E-state index in [4.69, 9.17) is 4.74 Å². The molecule has 1 fully saturated rings. The van der Waals surface area contributed by atoms with Crippen LogP contribution in [0.4, 0.5) is 0 Å². The van der Waals surface area contributed by atoms with Crippen molar-refractivity contribution in [3.63, 3.8) is 0 Å². The average Bonchev–Trinajstić information content (AvgIpc) is 2.60. The number of β-amino-alcohol motifs (C(OH)–C–C–N with tert-alkyl or cyclic N) is 1. The molecule has 1 heterocycles. The number of carbonyl (C=O) groups is 1. The molecular formula is C17H25NO3. The minimum atomic E-state index is -0.716. The van der Waals surface area contributed by atoms with Gasteiger partial charge in [-0.3, -0.25) is 4.79 Å². The quantitative estimate of drug-likeness (QED) is 0.928. The summed E-state index contributed by atoms with van der Waals surface area (Å²) in [4.78, 5) is 14.0. The number of aliphatic hydroxyl groups is 1. The summed E-state index contributed by atoms with van der Waals surface area (Å²) in [5.41, 5.74) is 0.927. The highest BCUT2D eigenvalue weighted by Gasteiger charge is 2.29. The number of nitrogens with zero attached hydrogens (tertiary/aromatic N) is 1. The van der Waals surface area contributed by atoms with Gasteiger partial charge < -0.3 is 14.7 Å². The summed E-state index contributed by atoms with van der Waals surface area (Å²) in [6.45, 7) is 5.42. The Hall–Kier alpha value is -1.55. The molecule has 0 saturated carbocycles. The lowest BCUT2D eigenvalue weighted by atomic mass is 9.85. The first kappa shape index (κ1) is 15.8. The van der Waals surface area contributed by atoms with Gasteiger partial charge in [-0.2, -0.15) is 0 Å². The Balaban J connectivity index is 2.08. The zero-order valence-electron chi connectivity index (χ0n) is 13.1. The molecule has 1 saturated heterocycles. The van der Waals surface area contributed by atoms with Gasteiger partial charge in [0.25, 0.3) is 0 Å². The van der Waals surface area contributed by atoms with E-state index >= 15 is 0 Å². The lowest BCUT2D eigenvalue weighted by Gasteiger charge is -2.26. The van der Waals surface area contributed by atoms with Crippen molar-refractivity contribution in [3.8, 4) is 5.75 Å². The number of ether oxygens (including phenoxy) is 1. The maximum atomic E-state index is 12.2. The summed E-state index contributed by atoms with van der Waals surface area (Å²) >= 11 is 0. The van der Waals surface area contributed by atoms with Gasteiger partial charge in [0, 0.05) is 18.5 Å². The number of benzene rings is 1. The van der Waals surface area contributed by atoms with Crippen molar-refractivity contribution in [1.82, 2.24) is 4.90 Å². The topological polar surface area (TPSA) is 49.8 Å². The standard InChI is InChI=1S/C17H25NO3/c1-17(2)9-8-16(20)18(11-10-17)12-14(19)13-6-4-5-7-15(13)21-3/h4-7,14,19H,8-12H2,1-3H3. The third kappa shape index (κ3) is 3.97. The number of hydrogen-bond donors (Lipinski definition) is 1. The fourth-order valence-electron chi connectivity index (χ4n) is 2.73. The van der Waals surface area contributed by atoms with E-state index in [2.05, 4.69) is 13.8 Å². The molecule has 4 heteroatoms. The number of para-hydroxylation sites is 1. The molecule has 116 valence electrons. The Morgan fingerprint density at radius 3 is 2.76 bits per heavy atom. The number of rotatable bonds is 4. The number of likely N-dealkylation sites (tertiary alicyclic amines) is 1. The SMILES string of the molecule is COc1ccccc1C(O)CN1CCC(C)(C)CCC1=O. The summed E-state index contributed by atoms with van der Waals surface area (Å²) in [6, 6.07) is 7.41. The summed E-state index contributed by atoms with van der Waals surface area (Å²) in [6.07, 6.45) is 1.72. The highest BCUT2D eigenvalue weighted by Crippen LogP contribution is 2.32. The molecule has 1 unspecified atom stereocenters. The predicted molar refractivity (Wildman–Crippen MR) is 82.2 cm³/mol. The average molecular weight is 291 g/mol. The number of carbonyl (C=O) groups excluding carboxylic acids is 1. The van der Waals surface area contributed by atoms with E-state index in [1.54, 1.807) is 12.0 Å². The summed E-state index contributed by atoms with van der Waals surface area (Å²) in [5.74, 6) is 0.794. The van der Waals surface area contributed by atoms with Crippen molar-refractivity contribution in [2.75, 3.05) is 20.2 Å². The maximum Gasteiger partial charge on any atom is 0.222 e. The molecule has 4 nitrogen and oxygen atoms in total. The lowest BCUT2D eigenvalue weighted by molar-refractivity contribution is -0.132. The first-order valence-corrected chi connectivity index (χ1v) is 7.52. The van der Waals surface area contributed by atoms with Gasteiger partial charge in [-0.25, -0.2) is 0 Å². The van der Waals surface area contributed by atoms with Gasteiger partial charge in [-0.15, -0.1) is 0 Å². The van der Waals surface area contributed by atoms with Crippen LogP contribution in [0.25, 0.3) is 0 Å². The minimum absolute atomic E-state index is 0.134. The Morgan fingerprint density at radius 1 is 1.33 bits per heavy atom. The second-order valence-corrected chi connectivity index (χ2v) is 6.51. The summed E-state index contributed by atoms with van der Waals surface area (Å²) < 4.78 is 5.28. The first-order chi connectivity index (χ1) is 9.93. The predicted octanol–water partition coefficient (Wildman–Crippen LogP) is 2.77. The van der Waals surface area contributed by atoms with Gasteiger partial charge in [0.1, 0.15) is 11.9 Å². The summed E-state index contributed by atoms with van der Waals surface area (Å²) in [5, 5.41) is 10.5. The van der Waals surface area contributed by atoms with Crippen LogP contribution in [0.5, 0.6) is 5.75 Å². The van der Waals surface area contributed by atoms with Crippen molar-refractivity contribution in [1.29, 1.82) is 0 Å². The molecule has 0 bridgehead atoms. The van der Waals surface area contributed by atoms with Crippen LogP contribution in [0.2, 0.25) is 0 Å². The zero-order valence-corrected chi connectivity index (χ0v) is 13.1. The Labute approximate surface area is 126 Å². The fourth-order valence-corrected chi connectivity index (χ4v) is 2.73. The normalized spacial score (nSPS) is 20.0. The van der Waals surface area contributed by atoms with Crippen LogP contribution in [0.1, 0.15) is 44.8 Å². The lowest BCUT2D eigenvalue weighted by Crippen LogP contribution is -2.34. The fraction of sp³-hybridized carbons (Fsp3) is 0.588. The van der Waals surface area contributed by atoms with Crippen molar-refractivity contribution >= 4 is 5.91 Å². The van der Waals surface area contributed by atoms with Gasteiger partial charge >= 0.3 is 0 Å². The van der Waals surface area contributed by atoms with E-state index in [1.807, 2.05) is 24.3 Å². The van der Waals surface area contributed by atoms with Crippen molar-refractivity contribution in [2.24, 2.45) is 5.41 Å². The molecule has 1 aliphatic heterocycles. The van der Waals surface area contributed by atoms with Crippen molar-refractivity contribution < 1.29 is 14.6 Å².